The van der Waals surface area contributed by atoms with Crippen molar-refractivity contribution < 1.29 is 0 Å². The van der Waals surface area contributed by atoms with Gasteiger partial charge >= 0.3 is 0 Å². The molecule has 0 amide bonds. The molecule has 0 N–H and O–H groups in total. The summed E-state index contributed by atoms with van der Waals surface area (Å²) in [4.78, 5) is 0. The lowest BCUT2D eigenvalue weighted by molar-refractivity contribution is 0.346. The van der Waals surface area contributed by atoms with Gasteiger partial charge in [0.1, 0.15) is 4.60 Å². The fourth-order valence-corrected chi connectivity index (χ4v) is 3.63. The number of aromatic nitrogens is 2. The Kier molecular flexibility index (Phi) is 2.23. The van der Waals surface area contributed by atoms with E-state index in [1.807, 2.05) is 11.8 Å². The second kappa shape index (κ2) is 3.02. The molecular weight excluding hydrogens is 248 g/mol. The molecule has 0 saturated heterocycles. The van der Waals surface area contributed by atoms with Crippen molar-refractivity contribution in [3.63, 3.8) is 0 Å². The summed E-state index contributed by atoms with van der Waals surface area (Å²) >= 11 is 5.56. The summed E-state index contributed by atoms with van der Waals surface area (Å²) in [7, 11) is 0. The van der Waals surface area contributed by atoms with E-state index in [1.54, 1.807) is 0 Å². The van der Waals surface area contributed by atoms with Crippen LogP contribution in [0.2, 0.25) is 0 Å². The lowest BCUT2D eigenvalue weighted by Crippen LogP contribution is -2.23. The summed E-state index contributed by atoms with van der Waals surface area (Å²) in [6.45, 7) is 6.52. The molecule has 0 radical (unpaired) electrons. The van der Waals surface area contributed by atoms with Crippen LogP contribution in [-0.4, -0.2) is 9.78 Å². The first-order chi connectivity index (χ1) is 6.00. The summed E-state index contributed by atoms with van der Waals surface area (Å²) in [5.41, 5.74) is 2.72. The molecule has 1 aromatic heterocycles. The van der Waals surface area contributed by atoms with Crippen LogP contribution in [0, 0.1) is 0 Å². The molecule has 2 heterocycles. The van der Waals surface area contributed by atoms with Gasteiger partial charge in [-0.2, -0.15) is 16.9 Å². The molecule has 0 bridgehead atoms. The number of fused-ring (bicyclic) bond motifs is 1. The normalized spacial score (nSPS) is 16.3. The highest BCUT2D eigenvalue weighted by atomic mass is 79.9. The van der Waals surface area contributed by atoms with Gasteiger partial charge in [0.25, 0.3) is 0 Å². The summed E-state index contributed by atoms with van der Waals surface area (Å²) in [6.07, 6.45) is 0. The minimum atomic E-state index is 0.0772. The van der Waals surface area contributed by atoms with Crippen molar-refractivity contribution in [3.8, 4) is 0 Å². The predicted molar refractivity (Wildman–Crippen MR) is 59.9 cm³/mol. The summed E-state index contributed by atoms with van der Waals surface area (Å²) in [6, 6.07) is 0. The van der Waals surface area contributed by atoms with Gasteiger partial charge < -0.3 is 0 Å². The zero-order valence-electron chi connectivity index (χ0n) is 8.09. The zero-order chi connectivity index (χ0) is 9.64. The van der Waals surface area contributed by atoms with Gasteiger partial charge in [0.15, 0.2) is 0 Å². The van der Waals surface area contributed by atoms with E-state index >= 15 is 0 Å². The van der Waals surface area contributed by atoms with E-state index in [-0.39, 0.29) is 5.54 Å². The van der Waals surface area contributed by atoms with Crippen LogP contribution in [0.3, 0.4) is 0 Å². The van der Waals surface area contributed by atoms with Crippen molar-refractivity contribution in [2.45, 2.75) is 37.8 Å². The molecule has 72 valence electrons. The van der Waals surface area contributed by atoms with Crippen molar-refractivity contribution in [2.75, 3.05) is 0 Å². The minimum absolute atomic E-state index is 0.0772. The first-order valence-electron chi connectivity index (χ1n) is 4.34. The second-order valence-electron chi connectivity index (χ2n) is 4.29. The highest BCUT2D eigenvalue weighted by molar-refractivity contribution is 9.10. The first kappa shape index (κ1) is 9.59. The Bertz CT molecular complexity index is 338. The quantitative estimate of drug-likeness (QED) is 0.714. The fraction of sp³-hybridized carbons (Fsp3) is 0.667. The summed E-state index contributed by atoms with van der Waals surface area (Å²) < 4.78 is 3.25. The van der Waals surface area contributed by atoms with Crippen LogP contribution in [0.1, 0.15) is 32.0 Å². The Morgan fingerprint density at radius 3 is 2.62 bits per heavy atom. The van der Waals surface area contributed by atoms with Crippen LogP contribution in [0.25, 0.3) is 0 Å². The molecule has 2 rings (SSSR count). The highest BCUT2D eigenvalue weighted by Crippen LogP contribution is 2.36. The third-order valence-electron chi connectivity index (χ3n) is 2.12. The van der Waals surface area contributed by atoms with Crippen molar-refractivity contribution in [1.82, 2.24) is 9.78 Å². The molecule has 4 heteroatoms. The molecule has 13 heavy (non-hydrogen) atoms. The van der Waals surface area contributed by atoms with Crippen LogP contribution in [-0.2, 0) is 17.0 Å². The van der Waals surface area contributed by atoms with E-state index in [0.717, 1.165) is 11.5 Å². The van der Waals surface area contributed by atoms with Gasteiger partial charge in [0.2, 0.25) is 0 Å². The summed E-state index contributed by atoms with van der Waals surface area (Å²) in [5, 5.41) is 4.61. The monoisotopic (exact) mass is 260 g/mol. The summed E-state index contributed by atoms with van der Waals surface area (Å²) in [5.74, 6) is 2.17. The maximum absolute atomic E-state index is 4.61. The van der Waals surface area contributed by atoms with E-state index in [1.165, 1.54) is 15.9 Å². The molecule has 0 fully saturated rings. The molecule has 0 atom stereocenters. The first-order valence-corrected chi connectivity index (χ1v) is 6.29. The van der Waals surface area contributed by atoms with Crippen molar-refractivity contribution in [3.05, 3.63) is 15.9 Å². The topological polar surface area (TPSA) is 17.8 Å². The number of halogens is 1. The lowest BCUT2D eigenvalue weighted by Gasteiger charge is -2.20. The van der Waals surface area contributed by atoms with E-state index < -0.39 is 0 Å². The number of hydrogen-bond acceptors (Lipinski definition) is 2. The predicted octanol–water partition coefficient (Wildman–Crippen LogP) is 3.15. The SMILES string of the molecule is CC(C)(C)n1nc2c(c1Br)CSC2. The van der Waals surface area contributed by atoms with Crippen LogP contribution < -0.4 is 0 Å². The number of hydrogen-bond donors (Lipinski definition) is 0. The Morgan fingerprint density at radius 2 is 2.08 bits per heavy atom. The van der Waals surface area contributed by atoms with Crippen molar-refractivity contribution in [2.24, 2.45) is 0 Å². The van der Waals surface area contributed by atoms with Crippen LogP contribution >= 0.6 is 27.7 Å². The van der Waals surface area contributed by atoms with E-state index in [0.29, 0.717) is 0 Å². The average Bonchev–Trinajstić information content (AvgIpc) is 2.51. The zero-order valence-corrected chi connectivity index (χ0v) is 10.5. The lowest BCUT2D eigenvalue weighted by atomic mass is 10.1. The van der Waals surface area contributed by atoms with Crippen molar-refractivity contribution >= 4 is 27.7 Å². The smallest absolute Gasteiger partial charge is 0.109 e. The molecule has 0 aliphatic carbocycles. The van der Waals surface area contributed by atoms with E-state index in [4.69, 9.17) is 0 Å². The largest absolute Gasteiger partial charge is 0.253 e. The third kappa shape index (κ3) is 1.54. The maximum atomic E-state index is 4.61. The Hall–Kier alpha value is 0.0400. The third-order valence-corrected chi connectivity index (χ3v) is 3.91. The molecule has 0 spiro atoms. The number of thioether (sulfide) groups is 1. The van der Waals surface area contributed by atoms with Gasteiger partial charge in [-0.25, -0.2) is 0 Å². The standard InChI is InChI=1S/C9H13BrN2S/c1-9(2,3)12-8(10)6-4-13-5-7(6)11-12/h4-5H2,1-3H3. The molecule has 2 nitrogen and oxygen atoms in total. The number of nitrogens with zero attached hydrogens (tertiary/aromatic N) is 2. The fourth-order valence-electron chi connectivity index (χ4n) is 1.42. The van der Waals surface area contributed by atoms with Gasteiger partial charge in [-0.1, -0.05) is 0 Å². The van der Waals surface area contributed by atoms with Crippen molar-refractivity contribution in [1.29, 1.82) is 0 Å². The molecule has 1 aliphatic heterocycles. The number of rotatable bonds is 0. The van der Waals surface area contributed by atoms with Gasteiger partial charge in [-0.05, 0) is 36.7 Å². The Labute approximate surface area is 91.2 Å². The van der Waals surface area contributed by atoms with Gasteiger partial charge in [0, 0.05) is 17.1 Å². The average molecular weight is 261 g/mol. The van der Waals surface area contributed by atoms with Gasteiger partial charge in [-0.15, -0.1) is 0 Å². The van der Waals surface area contributed by atoms with Crippen LogP contribution in [0.15, 0.2) is 4.60 Å². The molecule has 1 aromatic rings. The van der Waals surface area contributed by atoms with Crippen LogP contribution in [0.4, 0.5) is 0 Å². The van der Waals surface area contributed by atoms with Crippen LogP contribution in [0.5, 0.6) is 0 Å². The molecular formula is C9H13BrN2S. The molecule has 0 aromatic carbocycles. The molecule has 0 unspecified atom stereocenters. The van der Waals surface area contributed by atoms with Gasteiger partial charge in [-0.3, -0.25) is 4.68 Å². The second-order valence-corrected chi connectivity index (χ2v) is 6.03. The van der Waals surface area contributed by atoms with Gasteiger partial charge in [0.05, 0.1) is 11.2 Å². The minimum Gasteiger partial charge on any atom is -0.253 e. The molecule has 0 saturated carbocycles. The Balaban J connectivity index is 2.51. The molecule has 1 aliphatic rings. The van der Waals surface area contributed by atoms with E-state index in [9.17, 15) is 0 Å². The maximum Gasteiger partial charge on any atom is 0.109 e. The highest BCUT2D eigenvalue weighted by Gasteiger charge is 2.26. The van der Waals surface area contributed by atoms with E-state index in [2.05, 4.69) is 46.5 Å². The Morgan fingerprint density at radius 1 is 1.38 bits per heavy atom.